The number of amides is 2. The summed E-state index contributed by atoms with van der Waals surface area (Å²) in [4.78, 5) is 29.9. The normalized spacial score (nSPS) is 12.2. The first-order chi connectivity index (χ1) is 21.8. The molecule has 242 valence electrons. The molecule has 8 nitrogen and oxygen atoms in total. The van der Waals surface area contributed by atoms with Crippen molar-refractivity contribution in [2.75, 3.05) is 18.0 Å². The molecule has 0 bridgehead atoms. The number of carbonyl (C=O) groups excluding carboxylic acids is 2. The van der Waals surface area contributed by atoms with Crippen LogP contribution in [-0.4, -0.2) is 50.4 Å². The van der Waals surface area contributed by atoms with Crippen molar-refractivity contribution in [2.24, 2.45) is 0 Å². The van der Waals surface area contributed by atoms with Gasteiger partial charge in [-0.1, -0.05) is 65.7 Å². The Morgan fingerprint density at radius 1 is 0.804 bits per heavy atom. The number of anilines is 1. The minimum atomic E-state index is -4.26. The van der Waals surface area contributed by atoms with E-state index in [2.05, 4.69) is 5.32 Å². The zero-order valence-electron chi connectivity index (χ0n) is 26.1. The van der Waals surface area contributed by atoms with Crippen LogP contribution in [0.4, 0.5) is 5.69 Å². The SMILES string of the molecule is COc1ccc(S(=O)(=O)N(CC(=O)N(Cc2ccc(Cl)cc2)C(Cc2ccccc2)C(=O)NC(C)(C)C)c2ccc(Cl)cc2)cc1. The first kappa shape index (κ1) is 34.8. The van der Waals surface area contributed by atoms with Crippen molar-refractivity contribution in [2.45, 2.75) is 50.2 Å². The smallest absolute Gasteiger partial charge is 0.264 e. The zero-order valence-corrected chi connectivity index (χ0v) is 28.4. The Morgan fingerprint density at radius 3 is 1.91 bits per heavy atom. The molecule has 4 rings (SSSR count). The van der Waals surface area contributed by atoms with Gasteiger partial charge in [0.1, 0.15) is 18.3 Å². The molecule has 1 N–H and O–H groups in total. The molecular weight excluding hydrogens is 645 g/mol. The summed E-state index contributed by atoms with van der Waals surface area (Å²) < 4.78 is 34.5. The largest absolute Gasteiger partial charge is 0.497 e. The Morgan fingerprint density at radius 2 is 1.37 bits per heavy atom. The van der Waals surface area contributed by atoms with E-state index in [1.165, 1.54) is 48.4 Å². The number of carbonyl (C=O) groups is 2. The van der Waals surface area contributed by atoms with E-state index < -0.39 is 34.1 Å². The molecule has 0 saturated carbocycles. The van der Waals surface area contributed by atoms with Crippen molar-refractivity contribution in [1.29, 1.82) is 0 Å². The van der Waals surface area contributed by atoms with Gasteiger partial charge in [0.15, 0.2) is 0 Å². The van der Waals surface area contributed by atoms with E-state index in [4.69, 9.17) is 27.9 Å². The number of halogens is 2. The lowest BCUT2D eigenvalue weighted by Crippen LogP contribution is -2.56. The third-order valence-corrected chi connectivity index (χ3v) is 9.37. The standard InChI is InChI=1S/C35H37Cl2N3O5S/c1-35(2,3)38-34(42)32(22-25-8-6-5-7-9-25)39(23-26-10-12-27(36)13-11-26)33(41)24-40(29-16-14-28(37)15-17-29)46(43,44)31-20-18-30(45-4)19-21-31/h5-21,32H,22-24H2,1-4H3,(H,38,42). The second-order valence-corrected chi connectivity index (χ2v) is 14.5. The Labute approximate surface area is 280 Å². The van der Waals surface area contributed by atoms with Crippen LogP contribution in [0.5, 0.6) is 5.75 Å². The molecule has 0 heterocycles. The van der Waals surface area contributed by atoms with Gasteiger partial charge < -0.3 is 15.0 Å². The monoisotopic (exact) mass is 681 g/mol. The van der Waals surface area contributed by atoms with E-state index >= 15 is 0 Å². The van der Waals surface area contributed by atoms with Gasteiger partial charge in [-0.2, -0.15) is 0 Å². The first-order valence-electron chi connectivity index (χ1n) is 14.6. The summed E-state index contributed by atoms with van der Waals surface area (Å²) in [5.41, 5.74) is 1.20. The molecule has 4 aromatic carbocycles. The maximum Gasteiger partial charge on any atom is 0.264 e. The van der Waals surface area contributed by atoms with E-state index in [-0.39, 0.29) is 29.5 Å². The van der Waals surface area contributed by atoms with Crippen LogP contribution >= 0.6 is 23.2 Å². The summed E-state index contributed by atoms with van der Waals surface area (Å²) >= 11 is 12.3. The van der Waals surface area contributed by atoms with E-state index in [9.17, 15) is 18.0 Å². The van der Waals surface area contributed by atoms with Gasteiger partial charge in [0.2, 0.25) is 11.8 Å². The number of nitrogens with one attached hydrogen (secondary N) is 1. The van der Waals surface area contributed by atoms with E-state index in [1.807, 2.05) is 51.1 Å². The third kappa shape index (κ3) is 9.25. The van der Waals surface area contributed by atoms with Crippen LogP contribution in [0.1, 0.15) is 31.9 Å². The number of nitrogens with zero attached hydrogens (tertiary/aromatic N) is 2. The van der Waals surface area contributed by atoms with Gasteiger partial charge in [-0.05, 0) is 92.6 Å². The molecule has 46 heavy (non-hydrogen) atoms. The summed E-state index contributed by atoms with van der Waals surface area (Å²) in [6, 6.07) is 27.4. The van der Waals surface area contributed by atoms with Gasteiger partial charge in [-0.25, -0.2) is 8.42 Å². The Balaban J connectivity index is 1.81. The molecule has 0 radical (unpaired) electrons. The molecule has 0 saturated heterocycles. The number of sulfonamides is 1. The van der Waals surface area contributed by atoms with Crippen molar-refractivity contribution in [3.05, 3.63) is 124 Å². The van der Waals surface area contributed by atoms with Gasteiger partial charge in [0, 0.05) is 28.5 Å². The van der Waals surface area contributed by atoms with E-state index in [0.717, 1.165) is 15.4 Å². The van der Waals surface area contributed by atoms with Gasteiger partial charge in [0.25, 0.3) is 10.0 Å². The summed E-state index contributed by atoms with van der Waals surface area (Å²) in [6.45, 7) is 5.03. The second-order valence-electron chi connectivity index (χ2n) is 11.8. The molecule has 0 aromatic heterocycles. The zero-order chi connectivity index (χ0) is 33.5. The van der Waals surface area contributed by atoms with Crippen molar-refractivity contribution in [3.8, 4) is 5.75 Å². The fourth-order valence-corrected chi connectivity index (χ4v) is 6.47. The molecule has 1 unspecified atom stereocenters. The van der Waals surface area contributed by atoms with Crippen LogP contribution in [0.3, 0.4) is 0 Å². The van der Waals surface area contributed by atoms with Gasteiger partial charge >= 0.3 is 0 Å². The molecule has 4 aromatic rings. The average molecular weight is 683 g/mol. The van der Waals surface area contributed by atoms with Crippen LogP contribution in [0, 0.1) is 0 Å². The lowest BCUT2D eigenvalue weighted by molar-refractivity contribution is -0.140. The minimum Gasteiger partial charge on any atom is -0.497 e. The van der Waals surface area contributed by atoms with Crippen LogP contribution in [0.2, 0.25) is 10.0 Å². The number of benzene rings is 4. The van der Waals surface area contributed by atoms with Crippen molar-refractivity contribution >= 4 is 50.7 Å². The van der Waals surface area contributed by atoms with Crippen LogP contribution in [-0.2, 0) is 32.6 Å². The molecule has 1 atom stereocenters. The molecule has 0 aliphatic rings. The summed E-state index contributed by atoms with van der Waals surface area (Å²) in [6.07, 6.45) is 0.203. The predicted octanol–water partition coefficient (Wildman–Crippen LogP) is 6.75. The van der Waals surface area contributed by atoms with Gasteiger partial charge in [0.05, 0.1) is 17.7 Å². The third-order valence-electron chi connectivity index (χ3n) is 7.08. The Bertz CT molecular complexity index is 1730. The van der Waals surface area contributed by atoms with Crippen molar-refractivity contribution in [3.63, 3.8) is 0 Å². The number of methoxy groups -OCH3 is 1. The highest BCUT2D eigenvalue weighted by atomic mass is 35.5. The fourth-order valence-electron chi connectivity index (χ4n) is 4.80. The summed E-state index contributed by atoms with van der Waals surface area (Å²) in [7, 11) is -2.78. The fraction of sp³-hybridized carbons (Fsp3) is 0.257. The average Bonchev–Trinajstić information content (AvgIpc) is 3.02. The molecule has 0 fully saturated rings. The van der Waals surface area contributed by atoms with Crippen LogP contribution in [0.25, 0.3) is 0 Å². The number of hydrogen-bond donors (Lipinski definition) is 1. The lowest BCUT2D eigenvalue weighted by atomic mass is 10.0. The lowest BCUT2D eigenvalue weighted by Gasteiger charge is -2.35. The summed E-state index contributed by atoms with van der Waals surface area (Å²) in [5.74, 6) is -0.461. The first-order valence-corrected chi connectivity index (χ1v) is 16.8. The molecule has 2 amide bonds. The van der Waals surface area contributed by atoms with E-state index in [0.29, 0.717) is 15.8 Å². The van der Waals surface area contributed by atoms with Gasteiger partial charge in [-0.3, -0.25) is 13.9 Å². The van der Waals surface area contributed by atoms with Crippen LogP contribution in [0.15, 0.2) is 108 Å². The van der Waals surface area contributed by atoms with Gasteiger partial charge in [-0.15, -0.1) is 0 Å². The van der Waals surface area contributed by atoms with Crippen molar-refractivity contribution < 1.29 is 22.7 Å². The molecule has 0 aliphatic carbocycles. The van der Waals surface area contributed by atoms with Crippen molar-refractivity contribution in [1.82, 2.24) is 10.2 Å². The molecular formula is C35H37Cl2N3O5S. The summed E-state index contributed by atoms with van der Waals surface area (Å²) in [5, 5.41) is 3.94. The van der Waals surface area contributed by atoms with E-state index in [1.54, 1.807) is 36.4 Å². The van der Waals surface area contributed by atoms with Crippen LogP contribution < -0.4 is 14.4 Å². The number of ether oxygens (including phenoxy) is 1. The maximum absolute atomic E-state index is 14.5. The molecule has 0 spiro atoms. The minimum absolute atomic E-state index is 0.0299. The predicted molar refractivity (Wildman–Crippen MR) is 183 cm³/mol. The molecule has 0 aliphatic heterocycles. The maximum atomic E-state index is 14.5. The topological polar surface area (TPSA) is 96.0 Å². The second kappa shape index (κ2) is 15.0. The number of rotatable bonds is 12. The number of hydrogen-bond acceptors (Lipinski definition) is 5. The Hall–Kier alpha value is -4.05. The highest BCUT2D eigenvalue weighted by Gasteiger charge is 2.35. The highest BCUT2D eigenvalue weighted by molar-refractivity contribution is 7.92. The quantitative estimate of drug-likeness (QED) is 0.178. The highest BCUT2D eigenvalue weighted by Crippen LogP contribution is 2.27. The molecule has 11 heteroatoms. The Kier molecular flexibility index (Phi) is 11.4.